The molecule has 2 aromatic rings. The molecule has 0 aliphatic rings. The maximum absolute atomic E-state index is 5.87. The second-order valence-corrected chi connectivity index (χ2v) is 3.83. The van der Waals surface area contributed by atoms with Crippen LogP contribution in [0.5, 0.6) is 0 Å². The van der Waals surface area contributed by atoms with Crippen LogP contribution in [0.1, 0.15) is 5.69 Å². The lowest BCUT2D eigenvalue weighted by Gasteiger charge is -1.94. The quantitative estimate of drug-likeness (QED) is 0.758. The van der Waals surface area contributed by atoms with E-state index in [2.05, 4.69) is 25.9 Å². The van der Waals surface area contributed by atoms with Crippen molar-refractivity contribution < 1.29 is 0 Å². The zero-order chi connectivity index (χ0) is 8.72. The number of pyridine rings is 1. The molecule has 1 N–H and O–H groups in total. The van der Waals surface area contributed by atoms with Crippen molar-refractivity contribution in [2.75, 3.05) is 0 Å². The first-order valence-electron chi connectivity index (χ1n) is 3.48. The fraction of sp³-hybridized carbons (Fsp3) is 0.125. The summed E-state index contributed by atoms with van der Waals surface area (Å²) in [7, 11) is 0. The summed E-state index contributed by atoms with van der Waals surface area (Å²) in [6.07, 6.45) is 1.63. The fourth-order valence-electron chi connectivity index (χ4n) is 1.15. The molecule has 2 heterocycles. The van der Waals surface area contributed by atoms with Gasteiger partial charge in [0.1, 0.15) is 5.65 Å². The number of H-pyrrole nitrogens is 1. The Balaban J connectivity index is 2.89. The van der Waals surface area contributed by atoms with Crippen LogP contribution in [0.15, 0.2) is 16.7 Å². The lowest BCUT2D eigenvalue weighted by molar-refractivity contribution is 1.25. The van der Waals surface area contributed by atoms with Gasteiger partial charge in [-0.15, -0.1) is 0 Å². The van der Waals surface area contributed by atoms with Gasteiger partial charge in [-0.3, -0.25) is 0 Å². The summed E-state index contributed by atoms with van der Waals surface area (Å²) in [4.78, 5) is 7.27. The Morgan fingerprint density at radius 1 is 1.58 bits per heavy atom. The number of rotatable bonds is 0. The summed E-state index contributed by atoms with van der Waals surface area (Å²) >= 11 is 9.28. The van der Waals surface area contributed by atoms with E-state index in [-0.39, 0.29) is 0 Å². The van der Waals surface area contributed by atoms with Gasteiger partial charge < -0.3 is 4.98 Å². The predicted molar refractivity (Wildman–Crippen MR) is 53.5 cm³/mol. The Morgan fingerprint density at radius 2 is 2.33 bits per heavy atom. The van der Waals surface area contributed by atoms with Crippen molar-refractivity contribution >= 4 is 38.6 Å². The van der Waals surface area contributed by atoms with Crippen molar-refractivity contribution in [2.24, 2.45) is 0 Å². The molecule has 0 aliphatic heterocycles. The molecule has 2 nitrogen and oxygen atoms in total. The van der Waals surface area contributed by atoms with Gasteiger partial charge in [0.15, 0.2) is 0 Å². The molecule has 4 heteroatoms. The van der Waals surface area contributed by atoms with Crippen LogP contribution in [0.4, 0.5) is 0 Å². The van der Waals surface area contributed by atoms with Crippen molar-refractivity contribution in [1.29, 1.82) is 0 Å². The molecule has 0 bridgehead atoms. The molecule has 62 valence electrons. The van der Waals surface area contributed by atoms with E-state index in [4.69, 9.17) is 11.6 Å². The number of nitrogens with one attached hydrogen (secondary N) is 1. The third kappa shape index (κ3) is 1.13. The highest BCUT2D eigenvalue weighted by molar-refractivity contribution is 9.10. The van der Waals surface area contributed by atoms with Crippen LogP contribution in [0.25, 0.3) is 11.0 Å². The van der Waals surface area contributed by atoms with Crippen LogP contribution < -0.4 is 0 Å². The van der Waals surface area contributed by atoms with E-state index in [9.17, 15) is 0 Å². The monoisotopic (exact) mass is 244 g/mol. The van der Waals surface area contributed by atoms with E-state index in [1.54, 1.807) is 6.20 Å². The minimum absolute atomic E-state index is 0.640. The summed E-state index contributed by atoms with van der Waals surface area (Å²) < 4.78 is 0.901. The van der Waals surface area contributed by atoms with Crippen LogP contribution in [0, 0.1) is 6.92 Å². The van der Waals surface area contributed by atoms with Crippen LogP contribution in [0.2, 0.25) is 5.02 Å². The first kappa shape index (κ1) is 8.08. The molecule has 0 unspecified atom stereocenters. The predicted octanol–water partition coefficient (Wildman–Crippen LogP) is 3.29. The number of fused-ring (bicyclic) bond motifs is 1. The van der Waals surface area contributed by atoms with Gasteiger partial charge in [0.25, 0.3) is 0 Å². The Kier molecular flexibility index (Phi) is 1.85. The van der Waals surface area contributed by atoms with Gasteiger partial charge in [0, 0.05) is 21.7 Å². The van der Waals surface area contributed by atoms with E-state index in [1.165, 1.54) is 0 Å². The summed E-state index contributed by atoms with van der Waals surface area (Å²) in [5.74, 6) is 0. The summed E-state index contributed by atoms with van der Waals surface area (Å²) in [6, 6.07) is 2.01. The van der Waals surface area contributed by atoms with E-state index in [0.29, 0.717) is 5.02 Å². The first-order chi connectivity index (χ1) is 5.68. The summed E-state index contributed by atoms with van der Waals surface area (Å²) in [5.41, 5.74) is 1.95. The number of hydrogen-bond acceptors (Lipinski definition) is 1. The summed E-state index contributed by atoms with van der Waals surface area (Å²) in [6.45, 7) is 1.99. The van der Waals surface area contributed by atoms with Gasteiger partial charge in [-0.2, -0.15) is 0 Å². The molecule has 0 radical (unpaired) electrons. The molecule has 2 aromatic heterocycles. The molecular weight excluding hydrogens is 239 g/mol. The molecule has 12 heavy (non-hydrogen) atoms. The molecule has 0 saturated carbocycles. The Bertz CT molecular complexity index is 436. The minimum Gasteiger partial charge on any atom is -0.344 e. The zero-order valence-electron chi connectivity index (χ0n) is 6.36. The van der Waals surface area contributed by atoms with E-state index in [1.807, 2.05) is 13.0 Å². The third-order valence-corrected chi connectivity index (χ3v) is 3.05. The number of aryl methyl sites for hydroxylation is 1. The fourth-order valence-corrected chi connectivity index (χ4v) is 1.71. The topological polar surface area (TPSA) is 28.7 Å². The number of aromatic amines is 1. The lowest BCUT2D eigenvalue weighted by atomic mass is 10.3. The smallest absolute Gasteiger partial charge is 0.138 e. The lowest BCUT2D eigenvalue weighted by Crippen LogP contribution is -1.77. The van der Waals surface area contributed by atoms with Crippen LogP contribution >= 0.6 is 27.5 Å². The molecule has 0 amide bonds. The largest absolute Gasteiger partial charge is 0.344 e. The SMILES string of the molecule is Cc1cc2c(Br)c(Cl)cnc2[nH]1. The highest BCUT2D eigenvalue weighted by Crippen LogP contribution is 2.29. The minimum atomic E-state index is 0.640. The van der Waals surface area contributed by atoms with Gasteiger partial charge in [-0.25, -0.2) is 4.98 Å². The zero-order valence-corrected chi connectivity index (χ0v) is 8.70. The maximum Gasteiger partial charge on any atom is 0.138 e. The third-order valence-electron chi connectivity index (χ3n) is 1.68. The van der Waals surface area contributed by atoms with Crippen molar-refractivity contribution in [3.8, 4) is 0 Å². The number of halogens is 2. The Hall–Kier alpha value is -0.540. The van der Waals surface area contributed by atoms with Gasteiger partial charge in [-0.05, 0) is 28.9 Å². The average Bonchev–Trinajstić information content (AvgIpc) is 2.39. The van der Waals surface area contributed by atoms with E-state index >= 15 is 0 Å². The van der Waals surface area contributed by atoms with Crippen LogP contribution in [-0.4, -0.2) is 9.97 Å². The van der Waals surface area contributed by atoms with Crippen molar-refractivity contribution in [3.63, 3.8) is 0 Å². The van der Waals surface area contributed by atoms with Crippen molar-refractivity contribution in [1.82, 2.24) is 9.97 Å². The highest BCUT2D eigenvalue weighted by atomic mass is 79.9. The highest BCUT2D eigenvalue weighted by Gasteiger charge is 2.05. The van der Waals surface area contributed by atoms with Crippen LogP contribution in [-0.2, 0) is 0 Å². The molecule has 0 atom stereocenters. The summed E-state index contributed by atoms with van der Waals surface area (Å²) in [5, 5.41) is 1.67. The Morgan fingerprint density at radius 3 is 3.08 bits per heavy atom. The average molecular weight is 246 g/mol. The molecule has 0 aromatic carbocycles. The first-order valence-corrected chi connectivity index (χ1v) is 4.65. The van der Waals surface area contributed by atoms with Crippen molar-refractivity contribution in [3.05, 3.63) is 27.5 Å². The van der Waals surface area contributed by atoms with Crippen LogP contribution in [0.3, 0.4) is 0 Å². The van der Waals surface area contributed by atoms with Gasteiger partial charge in [0.05, 0.1) is 5.02 Å². The molecule has 0 spiro atoms. The molecule has 0 saturated heterocycles. The molecule has 0 fully saturated rings. The maximum atomic E-state index is 5.87. The van der Waals surface area contributed by atoms with Gasteiger partial charge in [-0.1, -0.05) is 11.6 Å². The standard InChI is InChI=1S/C8H6BrClN2/c1-4-2-5-7(9)6(10)3-11-8(5)12-4/h2-3H,1H3,(H,11,12). The Labute approximate surface area is 83.1 Å². The normalized spacial score (nSPS) is 10.9. The van der Waals surface area contributed by atoms with Crippen molar-refractivity contribution in [2.45, 2.75) is 6.92 Å². The number of nitrogens with zero attached hydrogens (tertiary/aromatic N) is 1. The number of aromatic nitrogens is 2. The molecular formula is C8H6BrClN2. The second-order valence-electron chi connectivity index (χ2n) is 2.63. The van der Waals surface area contributed by atoms with Gasteiger partial charge >= 0.3 is 0 Å². The second kappa shape index (κ2) is 2.75. The van der Waals surface area contributed by atoms with Gasteiger partial charge in [0.2, 0.25) is 0 Å². The van der Waals surface area contributed by atoms with E-state index < -0.39 is 0 Å². The van der Waals surface area contributed by atoms with E-state index in [0.717, 1.165) is 21.2 Å². The molecule has 0 aliphatic carbocycles. The number of hydrogen-bond donors (Lipinski definition) is 1. The molecule has 2 rings (SSSR count).